The Balaban J connectivity index is 1.45. The molecule has 3 nitrogen and oxygen atoms in total. The van der Waals surface area contributed by atoms with E-state index in [1.807, 2.05) is 30.3 Å². The Bertz CT molecular complexity index is 655. The number of rotatable bonds is 3. The first-order chi connectivity index (χ1) is 11.3. The van der Waals surface area contributed by atoms with E-state index in [1.165, 1.54) is 5.56 Å². The molecule has 2 fully saturated rings. The number of anilines is 1. The molecule has 120 valence electrons. The molecule has 23 heavy (non-hydrogen) atoms. The number of piperidine rings is 1. The van der Waals surface area contributed by atoms with Gasteiger partial charge < -0.3 is 10.6 Å². The minimum Gasteiger partial charge on any atom is -0.365 e. The molecule has 2 heterocycles. The molecule has 0 radical (unpaired) electrons. The monoisotopic (exact) mass is 326 g/mol. The van der Waals surface area contributed by atoms with Crippen molar-refractivity contribution in [2.24, 2.45) is 11.8 Å². The topological polar surface area (TPSA) is 41.1 Å². The van der Waals surface area contributed by atoms with E-state index < -0.39 is 0 Å². The van der Waals surface area contributed by atoms with Crippen molar-refractivity contribution in [3.63, 3.8) is 0 Å². The normalized spacial score (nSPS) is 30.3. The summed E-state index contributed by atoms with van der Waals surface area (Å²) in [6.07, 6.45) is 4.37. The molecule has 2 aliphatic rings. The molecule has 0 bridgehead atoms. The van der Waals surface area contributed by atoms with Crippen LogP contribution in [0.5, 0.6) is 0 Å². The molecule has 4 heteroatoms. The van der Waals surface area contributed by atoms with Crippen molar-refractivity contribution in [1.82, 2.24) is 5.32 Å². The van der Waals surface area contributed by atoms with E-state index in [9.17, 15) is 4.79 Å². The van der Waals surface area contributed by atoms with Gasteiger partial charge in [-0.25, -0.2) is 0 Å². The number of hydrogen-bond acceptors (Lipinski definition) is 3. The van der Waals surface area contributed by atoms with Gasteiger partial charge in [-0.3, -0.25) is 4.79 Å². The summed E-state index contributed by atoms with van der Waals surface area (Å²) < 4.78 is 0. The first kappa shape index (κ1) is 14.8. The zero-order valence-corrected chi connectivity index (χ0v) is 13.9. The van der Waals surface area contributed by atoms with Gasteiger partial charge in [-0.2, -0.15) is 11.3 Å². The Hall–Kier alpha value is -1.81. The van der Waals surface area contributed by atoms with Crippen LogP contribution in [0.25, 0.3) is 0 Å². The van der Waals surface area contributed by atoms with Gasteiger partial charge in [0.05, 0.1) is 6.17 Å². The second kappa shape index (κ2) is 6.36. The number of carbonyl (C=O) groups is 1. The van der Waals surface area contributed by atoms with Crippen molar-refractivity contribution < 1.29 is 4.79 Å². The molecular weight excluding hydrogens is 304 g/mol. The summed E-state index contributed by atoms with van der Waals surface area (Å²) in [5, 5.41) is 11.1. The molecule has 4 rings (SSSR count). The second-order valence-electron chi connectivity index (χ2n) is 6.74. The van der Waals surface area contributed by atoms with Crippen molar-refractivity contribution in [2.45, 2.75) is 37.8 Å². The Labute approximate surface area is 141 Å². The number of hydrogen-bond donors (Lipinski definition) is 2. The SMILES string of the molecule is O=C1NC(Nc2ccccc2)CC2CC(c3ccsc3)CCC12. The van der Waals surface area contributed by atoms with Gasteiger partial charge in [0, 0.05) is 11.6 Å². The lowest BCUT2D eigenvalue weighted by atomic mass is 9.69. The number of carbonyl (C=O) groups excluding carboxylic acids is 1. The van der Waals surface area contributed by atoms with Crippen molar-refractivity contribution in [3.05, 3.63) is 52.7 Å². The Morgan fingerprint density at radius 3 is 2.74 bits per heavy atom. The van der Waals surface area contributed by atoms with Crippen molar-refractivity contribution in [3.8, 4) is 0 Å². The number of amides is 1. The van der Waals surface area contributed by atoms with Crippen LogP contribution in [0, 0.1) is 11.8 Å². The lowest BCUT2D eigenvalue weighted by molar-refractivity contribution is -0.131. The first-order valence-corrected chi connectivity index (χ1v) is 9.38. The smallest absolute Gasteiger partial charge is 0.224 e. The molecular formula is C19H22N2OS. The number of nitrogens with one attached hydrogen (secondary N) is 2. The van der Waals surface area contributed by atoms with Crippen LogP contribution >= 0.6 is 11.3 Å². The van der Waals surface area contributed by atoms with Crippen LogP contribution in [0.1, 0.15) is 37.2 Å². The van der Waals surface area contributed by atoms with Gasteiger partial charge >= 0.3 is 0 Å². The van der Waals surface area contributed by atoms with Crippen molar-refractivity contribution >= 4 is 22.9 Å². The summed E-state index contributed by atoms with van der Waals surface area (Å²) in [5.41, 5.74) is 2.54. The Kier molecular flexibility index (Phi) is 4.08. The van der Waals surface area contributed by atoms with E-state index in [1.54, 1.807) is 11.3 Å². The van der Waals surface area contributed by atoms with Crippen LogP contribution in [0.2, 0.25) is 0 Å². The van der Waals surface area contributed by atoms with Crippen LogP contribution in [0.4, 0.5) is 5.69 Å². The number of para-hydroxylation sites is 1. The molecule has 4 unspecified atom stereocenters. The van der Waals surface area contributed by atoms with Crippen LogP contribution in [0.15, 0.2) is 47.2 Å². The maximum Gasteiger partial charge on any atom is 0.224 e. The van der Waals surface area contributed by atoms with E-state index in [2.05, 4.69) is 27.5 Å². The largest absolute Gasteiger partial charge is 0.365 e. The summed E-state index contributed by atoms with van der Waals surface area (Å²) in [7, 11) is 0. The van der Waals surface area contributed by atoms with Gasteiger partial charge in [-0.05, 0) is 72.0 Å². The third-order valence-electron chi connectivity index (χ3n) is 5.30. The Morgan fingerprint density at radius 1 is 1.09 bits per heavy atom. The van der Waals surface area contributed by atoms with Crippen LogP contribution in [-0.4, -0.2) is 12.1 Å². The van der Waals surface area contributed by atoms with Gasteiger partial charge in [0.2, 0.25) is 5.91 Å². The fourth-order valence-corrected chi connectivity index (χ4v) is 4.89. The van der Waals surface area contributed by atoms with Gasteiger partial charge in [0.15, 0.2) is 0 Å². The van der Waals surface area contributed by atoms with Crippen LogP contribution < -0.4 is 10.6 Å². The second-order valence-corrected chi connectivity index (χ2v) is 7.52. The highest BCUT2D eigenvalue weighted by Gasteiger charge is 2.40. The highest BCUT2D eigenvalue weighted by molar-refractivity contribution is 7.07. The Morgan fingerprint density at radius 2 is 1.96 bits per heavy atom. The molecule has 1 amide bonds. The molecule has 4 atom stereocenters. The quantitative estimate of drug-likeness (QED) is 0.887. The summed E-state index contributed by atoms with van der Waals surface area (Å²) in [4.78, 5) is 12.5. The summed E-state index contributed by atoms with van der Waals surface area (Å²) >= 11 is 1.77. The average molecular weight is 326 g/mol. The van der Waals surface area contributed by atoms with E-state index in [4.69, 9.17) is 0 Å². The molecule has 2 N–H and O–H groups in total. The zero-order valence-electron chi connectivity index (χ0n) is 13.1. The number of benzene rings is 1. The van der Waals surface area contributed by atoms with Crippen LogP contribution in [-0.2, 0) is 4.79 Å². The lowest BCUT2D eigenvalue weighted by Gasteiger charge is -2.42. The maximum atomic E-state index is 12.5. The van der Waals surface area contributed by atoms with E-state index in [0.717, 1.165) is 31.4 Å². The van der Waals surface area contributed by atoms with Crippen LogP contribution in [0.3, 0.4) is 0 Å². The zero-order chi connectivity index (χ0) is 15.6. The summed E-state index contributed by atoms with van der Waals surface area (Å²) in [6, 6.07) is 12.4. The summed E-state index contributed by atoms with van der Waals surface area (Å²) in [6.45, 7) is 0. The summed E-state index contributed by atoms with van der Waals surface area (Å²) in [5.74, 6) is 1.56. The first-order valence-electron chi connectivity index (χ1n) is 8.43. The third-order valence-corrected chi connectivity index (χ3v) is 6.00. The molecule has 1 saturated carbocycles. The predicted octanol–water partition coefficient (Wildman–Crippen LogP) is 4.21. The van der Waals surface area contributed by atoms with E-state index >= 15 is 0 Å². The fourth-order valence-electron chi connectivity index (χ4n) is 4.15. The minimum absolute atomic E-state index is 0.0485. The number of fused-ring (bicyclic) bond motifs is 1. The van der Waals surface area contributed by atoms with Gasteiger partial charge in [0.25, 0.3) is 0 Å². The van der Waals surface area contributed by atoms with E-state index in [-0.39, 0.29) is 18.0 Å². The molecule has 1 aliphatic carbocycles. The van der Waals surface area contributed by atoms with Crippen molar-refractivity contribution in [1.29, 1.82) is 0 Å². The lowest BCUT2D eigenvalue weighted by Crippen LogP contribution is -2.53. The van der Waals surface area contributed by atoms with Gasteiger partial charge in [-0.1, -0.05) is 18.2 Å². The minimum atomic E-state index is 0.0485. The van der Waals surface area contributed by atoms with Gasteiger partial charge in [0.1, 0.15) is 0 Å². The standard InChI is InChI=1S/C19H22N2OS/c22-19-17-7-6-13(14-8-9-23-12-14)10-15(17)11-18(21-19)20-16-4-2-1-3-5-16/h1-5,8-9,12-13,15,17-18,20H,6-7,10-11H2,(H,21,22). The maximum absolute atomic E-state index is 12.5. The van der Waals surface area contributed by atoms with E-state index in [0.29, 0.717) is 11.8 Å². The molecule has 1 saturated heterocycles. The highest BCUT2D eigenvalue weighted by Crippen LogP contribution is 2.43. The fraction of sp³-hybridized carbons (Fsp3) is 0.421. The molecule has 1 aromatic heterocycles. The molecule has 1 aliphatic heterocycles. The predicted molar refractivity (Wildman–Crippen MR) is 94.5 cm³/mol. The average Bonchev–Trinajstić information content (AvgIpc) is 3.10. The molecule has 1 aromatic carbocycles. The third kappa shape index (κ3) is 3.13. The molecule has 0 spiro atoms. The van der Waals surface area contributed by atoms with Crippen molar-refractivity contribution in [2.75, 3.05) is 5.32 Å². The highest BCUT2D eigenvalue weighted by atomic mass is 32.1. The van der Waals surface area contributed by atoms with Gasteiger partial charge in [-0.15, -0.1) is 0 Å². The molecule has 2 aromatic rings. The number of thiophene rings is 1.